The Balaban J connectivity index is 1.68. The Labute approximate surface area is 138 Å². The van der Waals surface area contributed by atoms with Gasteiger partial charge in [-0.2, -0.15) is 8.42 Å². The molecule has 2 aliphatic rings. The van der Waals surface area contributed by atoms with E-state index in [4.69, 9.17) is 10.3 Å². The Morgan fingerprint density at radius 2 is 1.96 bits per heavy atom. The third-order valence-corrected chi connectivity index (χ3v) is 5.33. The van der Waals surface area contributed by atoms with E-state index in [0.717, 1.165) is 5.56 Å². The van der Waals surface area contributed by atoms with Crippen LogP contribution in [0.5, 0.6) is 5.75 Å². The van der Waals surface area contributed by atoms with Crippen LogP contribution in [-0.4, -0.2) is 63.8 Å². The van der Waals surface area contributed by atoms with E-state index < -0.39 is 40.2 Å². The van der Waals surface area contributed by atoms with Gasteiger partial charge in [0.2, 0.25) is 5.91 Å². The molecule has 1 aromatic carbocycles. The molecule has 10 heteroatoms. The maximum Gasteiger partial charge on any atom is 0.362 e. The van der Waals surface area contributed by atoms with Crippen molar-refractivity contribution in [2.24, 2.45) is 5.73 Å². The average Bonchev–Trinajstić information content (AvgIpc) is 2.85. The Morgan fingerprint density at radius 3 is 2.54 bits per heavy atom. The van der Waals surface area contributed by atoms with Gasteiger partial charge in [-0.3, -0.25) is 14.1 Å². The molecule has 3 rings (SSSR count). The highest BCUT2D eigenvalue weighted by Gasteiger charge is 2.60. The van der Waals surface area contributed by atoms with Crippen molar-refractivity contribution in [3.8, 4) is 5.75 Å². The van der Waals surface area contributed by atoms with Crippen molar-refractivity contribution in [2.75, 3.05) is 6.54 Å². The number of benzene rings is 1. The second-order valence-corrected chi connectivity index (χ2v) is 7.21. The smallest absolute Gasteiger partial charge is 0.362 e. The van der Waals surface area contributed by atoms with Crippen LogP contribution in [0.15, 0.2) is 24.3 Å². The molecule has 0 bridgehead atoms. The van der Waals surface area contributed by atoms with Gasteiger partial charge in [0.15, 0.2) is 0 Å². The number of β-lactam (4-membered cyclic amide) rings is 1. The highest BCUT2D eigenvalue weighted by Crippen LogP contribution is 2.35. The summed E-state index contributed by atoms with van der Waals surface area (Å²) in [5.41, 5.74) is 6.67. The Morgan fingerprint density at radius 1 is 1.33 bits per heavy atom. The summed E-state index contributed by atoms with van der Waals surface area (Å²) in [6.45, 7) is 0.204. The number of phenolic OH excluding ortho intramolecular Hbond substituents is 1. The molecular weight excluding hydrogens is 338 g/mol. The molecule has 2 heterocycles. The Hall–Kier alpha value is -2.17. The van der Waals surface area contributed by atoms with Crippen LogP contribution < -0.4 is 5.73 Å². The van der Waals surface area contributed by atoms with Gasteiger partial charge in [-0.15, -0.1) is 0 Å². The Kier molecular flexibility index (Phi) is 3.98. The molecule has 2 amide bonds. The van der Waals surface area contributed by atoms with E-state index in [2.05, 4.69) is 0 Å². The number of amides is 2. The van der Waals surface area contributed by atoms with Gasteiger partial charge in [-0.25, -0.2) is 4.31 Å². The lowest BCUT2D eigenvalue weighted by atomic mass is 9.99. The third-order valence-electron chi connectivity index (χ3n) is 4.38. The standard InChI is InChI=1S/C14H17N3O6S/c15-10(7-8-1-3-9(18)4-2-8)13(19)16-6-5-11-12(16)14(20)17(11)24(21,22)23/h1-4,10-12,18H,5-7,15H2,(H,21,22,23)/t10-,11+,12-/m0/s1. The van der Waals surface area contributed by atoms with Gasteiger partial charge in [-0.05, 0) is 30.5 Å². The molecule has 2 aliphatic heterocycles. The van der Waals surface area contributed by atoms with Crippen LogP contribution >= 0.6 is 0 Å². The SMILES string of the molecule is N[C@@H](Cc1ccc(O)cc1)C(=O)N1CC[C@@H]2[C@H]1C(=O)N2S(=O)(=O)O. The largest absolute Gasteiger partial charge is 0.508 e. The summed E-state index contributed by atoms with van der Waals surface area (Å²) in [6, 6.07) is 3.76. The lowest BCUT2D eigenvalue weighted by Gasteiger charge is -2.42. The zero-order valence-corrected chi connectivity index (χ0v) is 13.4. The summed E-state index contributed by atoms with van der Waals surface area (Å²) < 4.78 is 31.8. The second-order valence-electron chi connectivity index (χ2n) is 5.92. The van der Waals surface area contributed by atoms with E-state index in [-0.39, 0.29) is 25.1 Å². The minimum Gasteiger partial charge on any atom is -0.508 e. The number of aromatic hydroxyl groups is 1. The van der Waals surface area contributed by atoms with Crippen molar-refractivity contribution in [1.82, 2.24) is 9.21 Å². The van der Waals surface area contributed by atoms with Crippen LogP contribution in [0, 0.1) is 0 Å². The van der Waals surface area contributed by atoms with E-state index in [1.807, 2.05) is 0 Å². The molecule has 0 unspecified atom stereocenters. The molecule has 0 aromatic heterocycles. The molecule has 0 saturated carbocycles. The highest BCUT2D eigenvalue weighted by molar-refractivity contribution is 7.84. The first kappa shape index (κ1) is 16.7. The summed E-state index contributed by atoms with van der Waals surface area (Å²) in [6.07, 6.45) is 0.497. The molecule has 0 aliphatic carbocycles. The molecule has 24 heavy (non-hydrogen) atoms. The minimum atomic E-state index is -4.60. The fraction of sp³-hybridized carbons (Fsp3) is 0.429. The maximum atomic E-state index is 12.5. The average molecular weight is 355 g/mol. The van der Waals surface area contributed by atoms with Crippen LogP contribution in [0.2, 0.25) is 0 Å². The summed E-state index contributed by atoms with van der Waals surface area (Å²) in [7, 11) is -4.60. The van der Waals surface area contributed by atoms with Gasteiger partial charge < -0.3 is 15.7 Å². The number of nitrogens with zero attached hydrogens (tertiary/aromatic N) is 2. The van der Waals surface area contributed by atoms with Gasteiger partial charge in [0.1, 0.15) is 11.8 Å². The van der Waals surface area contributed by atoms with E-state index in [0.29, 0.717) is 4.31 Å². The molecule has 0 spiro atoms. The maximum absolute atomic E-state index is 12.5. The summed E-state index contributed by atoms with van der Waals surface area (Å²) in [5.74, 6) is -1.16. The van der Waals surface area contributed by atoms with Crippen LogP contribution in [0.3, 0.4) is 0 Å². The van der Waals surface area contributed by atoms with Crippen LogP contribution in [-0.2, 0) is 26.3 Å². The molecule has 130 valence electrons. The van der Waals surface area contributed by atoms with E-state index in [9.17, 15) is 23.1 Å². The van der Waals surface area contributed by atoms with Crippen molar-refractivity contribution in [1.29, 1.82) is 0 Å². The molecule has 2 fully saturated rings. The molecule has 9 nitrogen and oxygen atoms in total. The molecule has 3 atom stereocenters. The van der Waals surface area contributed by atoms with E-state index in [1.165, 1.54) is 17.0 Å². The third kappa shape index (κ3) is 2.72. The van der Waals surface area contributed by atoms with Crippen molar-refractivity contribution >= 4 is 22.1 Å². The van der Waals surface area contributed by atoms with Crippen LogP contribution in [0.1, 0.15) is 12.0 Å². The number of rotatable bonds is 4. The summed E-state index contributed by atoms with van der Waals surface area (Å²) >= 11 is 0. The summed E-state index contributed by atoms with van der Waals surface area (Å²) in [5, 5.41) is 9.25. The van der Waals surface area contributed by atoms with Gasteiger partial charge in [0, 0.05) is 6.54 Å². The minimum absolute atomic E-state index is 0.103. The molecule has 0 radical (unpaired) electrons. The van der Waals surface area contributed by atoms with Crippen LogP contribution in [0.25, 0.3) is 0 Å². The predicted molar refractivity (Wildman–Crippen MR) is 82.1 cm³/mol. The Bertz CT molecular complexity index is 778. The van der Waals surface area contributed by atoms with Crippen molar-refractivity contribution in [3.05, 3.63) is 29.8 Å². The van der Waals surface area contributed by atoms with E-state index >= 15 is 0 Å². The number of hydrogen-bond donors (Lipinski definition) is 3. The molecule has 1 aromatic rings. The van der Waals surface area contributed by atoms with Crippen LogP contribution in [0.4, 0.5) is 0 Å². The van der Waals surface area contributed by atoms with Gasteiger partial charge >= 0.3 is 10.3 Å². The zero-order valence-electron chi connectivity index (χ0n) is 12.6. The molecule has 2 saturated heterocycles. The van der Waals surface area contributed by atoms with Gasteiger partial charge in [0.05, 0.1) is 12.1 Å². The number of hydrogen-bond acceptors (Lipinski definition) is 6. The van der Waals surface area contributed by atoms with Crippen molar-refractivity contribution < 1.29 is 27.7 Å². The monoisotopic (exact) mass is 355 g/mol. The lowest BCUT2D eigenvalue weighted by molar-refractivity contribution is -0.152. The zero-order chi connectivity index (χ0) is 17.6. The number of phenols is 1. The number of nitrogens with two attached hydrogens (primary N) is 1. The first-order valence-corrected chi connectivity index (χ1v) is 8.74. The van der Waals surface area contributed by atoms with Gasteiger partial charge in [-0.1, -0.05) is 12.1 Å². The normalized spacial score (nSPS) is 24.5. The molecular formula is C14H17N3O6S. The van der Waals surface area contributed by atoms with Crippen molar-refractivity contribution in [3.63, 3.8) is 0 Å². The first-order chi connectivity index (χ1) is 11.2. The van der Waals surface area contributed by atoms with Crippen molar-refractivity contribution in [2.45, 2.75) is 31.0 Å². The summed E-state index contributed by atoms with van der Waals surface area (Å²) in [4.78, 5) is 25.7. The second kappa shape index (κ2) is 5.72. The quantitative estimate of drug-likeness (QED) is 0.459. The number of carbonyl (C=O) groups is 2. The van der Waals surface area contributed by atoms with E-state index in [1.54, 1.807) is 12.1 Å². The topological polar surface area (TPSA) is 141 Å². The number of likely N-dealkylation sites (tertiary alicyclic amines) is 1. The number of carbonyl (C=O) groups excluding carboxylic acids is 2. The van der Waals surface area contributed by atoms with Gasteiger partial charge in [0.25, 0.3) is 5.91 Å². The first-order valence-electron chi connectivity index (χ1n) is 7.35. The fourth-order valence-electron chi connectivity index (χ4n) is 3.25. The molecule has 4 N–H and O–H groups in total. The lowest BCUT2D eigenvalue weighted by Crippen LogP contribution is -2.69. The predicted octanol–water partition coefficient (Wildman–Crippen LogP) is -1.12. The fourth-order valence-corrected chi connectivity index (χ4v) is 4.15. The number of fused-ring (bicyclic) bond motifs is 1. The highest BCUT2D eigenvalue weighted by atomic mass is 32.2.